The van der Waals surface area contributed by atoms with Crippen molar-refractivity contribution in [1.29, 1.82) is 0 Å². The van der Waals surface area contributed by atoms with E-state index in [1.807, 2.05) is 0 Å². The van der Waals surface area contributed by atoms with E-state index < -0.39 is 10.0 Å². The predicted molar refractivity (Wildman–Crippen MR) is 82.5 cm³/mol. The first-order valence-corrected chi connectivity index (χ1v) is 9.46. The molecule has 0 bridgehead atoms. The molecule has 1 aliphatic heterocycles. The summed E-state index contributed by atoms with van der Waals surface area (Å²) in [4.78, 5) is 6.36. The fourth-order valence-corrected chi connectivity index (χ4v) is 4.10. The maximum absolute atomic E-state index is 11.3. The summed E-state index contributed by atoms with van der Waals surface area (Å²) in [7, 11) is -3.62. The molecule has 1 fully saturated rings. The van der Waals surface area contributed by atoms with Crippen molar-refractivity contribution in [3.63, 3.8) is 0 Å². The van der Waals surface area contributed by atoms with Crippen LogP contribution in [-0.2, 0) is 10.0 Å². The summed E-state index contributed by atoms with van der Waals surface area (Å²) >= 11 is 1.17. The van der Waals surface area contributed by atoms with E-state index in [1.54, 1.807) is 0 Å². The number of nitrogens with two attached hydrogens (primary N) is 1. The number of sulfonamides is 1. The summed E-state index contributed by atoms with van der Waals surface area (Å²) in [5, 5.41) is 5.89. The van der Waals surface area contributed by atoms with Gasteiger partial charge in [-0.2, -0.15) is 0 Å². The van der Waals surface area contributed by atoms with Crippen molar-refractivity contribution in [2.75, 3.05) is 18.0 Å². The molecule has 2 heterocycles. The van der Waals surface area contributed by atoms with Gasteiger partial charge in [-0.25, -0.2) is 18.5 Å². The Morgan fingerprint density at radius 3 is 2.60 bits per heavy atom. The molecule has 2 N–H and O–H groups in total. The molecule has 0 atom stereocenters. The van der Waals surface area contributed by atoms with Crippen LogP contribution < -0.4 is 10.0 Å². The largest absolute Gasteiger partial charge is 0.348 e. The first-order chi connectivity index (χ1) is 9.36. The Morgan fingerprint density at radius 2 is 2.10 bits per heavy atom. The van der Waals surface area contributed by atoms with Gasteiger partial charge in [0.05, 0.1) is 6.20 Å². The first-order valence-electron chi connectivity index (χ1n) is 7.10. The summed E-state index contributed by atoms with van der Waals surface area (Å²) in [5.41, 5.74) is 0. The summed E-state index contributed by atoms with van der Waals surface area (Å²) in [5.74, 6) is 1.57. The number of piperidine rings is 1. The van der Waals surface area contributed by atoms with Crippen LogP contribution in [0.25, 0.3) is 0 Å². The van der Waals surface area contributed by atoms with Crippen LogP contribution in [0.5, 0.6) is 0 Å². The van der Waals surface area contributed by atoms with E-state index in [4.69, 9.17) is 5.14 Å². The van der Waals surface area contributed by atoms with Crippen LogP contribution in [0.15, 0.2) is 10.4 Å². The molecule has 2 rings (SSSR count). The lowest BCUT2D eigenvalue weighted by atomic mass is 9.90. The Morgan fingerprint density at radius 1 is 1.45 bits per heavy atom. The molecule has 1 aliphatic rings. The van der Waals surface area contributed by atoms with Crippen molar-refractivity contribution in [2.24, 2.45) is 17.0 Å². The van der Waals surface area contributed by atoms with Gasteiger partial charge in [0.15, 0.2) is 9.34 Å². The molecule has 5 nitrogen and oxygen atoms in total. The van der Waals surface area contributed by atoms with Crippen LogP contribution in [0.3, 0.4) is 0 Å². The third-order valence-corrected chi connectivity index (χ3v) is 6.26. The number of thiazole rings is 1. The summed E-state index contributed by atoms with van der Waals surface area (Å²) in [6.07, 6.45) is 6.28. The zero-order chi connectivity index (χ0) is 14.8. The Labute approximate surface area is 125 Å². The average molecular weight is 317 g/mol. The molecule has 20 heavy (non-hydrogen) atoms. The molecule has 0 aliphatic carbocycles. The number of hydrogen-bond acceptors (Lipinski definition) is 5. The van der Waals surface area contributed by atoms with E-state index in [2.05, 4.69) is 23.7 Å². The zero-order valence-electron chi connectivity index (χ0n) is 12.1. The molecule has 0 unspecified atom stereocenters. The van der Waals surface area contributed by atoms with Crippen molar-refractivity contribution in [1.82, 2.24) is 4.98 Å². The third-order valence-electron chi connectivity index (χ3n) is 3.79. The second-order valence-corrected chi connectivity index (χ2v) is 8.71. The average Bonchev–Trinajstić information content (AvgIpc) is 2.86. The molecule has 0 amide bonds. The lowest BCUT2D eigenvalue weighted by Crippen LogP contribution is -2.33. The van der Waals surface area contributed by atoms with E-state index >= 15 is 0 Å². The van der Waals surface area contributed by atoms with E-state index in [9.17, 15) is 8.42 Å². The molecule has 0 aromatic carbocycles. The Bertz CT molecular complexity index is 532. The van der Waals surface area contributed by atoms with Crippen molar-refractivity contribution >= 4 is 26.5 Å². The number of anilines is 1. The number of primary sulfonamides is 1. The van der Waals surface area contributed by atoms with Crippen LogP contribution in [-0.4, -0.2) is 26.5 Å². The number of nitrogens with zero attached hydrogens (tertiary/aromatic N) is 2. The number of aromatic nitrogens is 1. The van der Waals surface area contributed by atoms with Crippen molar-refractivity contribution in [3.8, 4) is 0 Å². The number of rotatable bonds is 5. The Hall–Kier alpha value is -0.660. The molecule has 7 heteroatoms. The second kappa shape index (κ2) is 6.41. The monoisotopic (exact) mass is 317 g/mol. The fourth-order valence-electron chi connectivity index (χ4n) is 2.51. The van der Waals surface area contributed by atoms with Crippen molar-refractivity contribution < 1.29 is 8.42 Å². The zero-order valence-corrected chi connectivity index (χ0v) is 13.7. The van der Waals surface area contributed by atoms with E-state index in [0.29, 0.717) is 0 Å². The lowest BCUT2D eigenvalue weighted by molar-refractivity contribution is 0.351. The van der Waals surface area contributed by atoms with Crippen LogP contribution in [0.1, 0.15) is 39.5 Å². The van der Waals surface area contributed by atoms with E-state index in [0.717, 1.165) is 42.9 Å². The molecule has 114 valence electrons. The van der Waals surface area contributed by atoms with Gasteiger partial charge < -0.3 is 4.90 Å². The van der Waals surface area contributed by atoms with Crippen LogP contribution in [0.2, 0.25) is 0 Å². The van der Waals surface area contributed by atoms with Gasteiger partial charge in [-0.15, -0.1) is 0 Å². The summed E-state index contributed by atoms with van der Waals surface area (Å²) in [6, 6.07) is 0. The maximum Gasteiger partial charge on any atom is 0.249 e. The molecule has 1 aromatic rings. The normalized spacial score (nSPS) is 17.9. The van der Waals surface area contributed by atoms with Crippen LogP contribution in [0.4, 0.5) is 5.13 Å². The molecule has 0 saturated carbocycles. The maximum atomic E-state index is 11.3. The molecule has 1 aromatic heterocycles. The van der Waals surface area contributed by atoms with Gasteiger partial charge in [0.25, 0.3) is 0 Å². The van der Waals surface area contributed by atoms with E-state index in [-0.39, 0.29) is 4.21 Å². The van der Waals surface area contributed by atoms with Gasteiger partial charge in [-0.3, -0.25) is 0 Å². The highest BCUT2D eigenvalue weighted by Crippen LogP contribution is 2.30. The first kappa shape index (κ1) is 15.7. The van der Waals surface area contributed by atoms with Gasteiger partial charge in [0, 0.05) is 13.1 Å². The van der Waals surface area contributed by atoms with Gasteiger partial charge in [0.2, 0.25) is 10.0 Å². The SMILES string of the molecule is CC(C)CCC1CCN(c2ncc(S(N)(=O)=O)s2)CC1. The third kappa shape index (κ3) is 4.17. The smallest absolute Gasteiger partial charge is 0.249 e. The van der Waals surface area contributed by atoms with Gasteiger partial charge in [0.1, 0.15) is 0 Å². The minimum Gasteiger partial charge on any atom is -0.348 e. The van der Waals surface area contributed by atoms with Crippen molar-refractivity contribution in [3.05, 3.63) is 6.20 Å². The molecular formula is C13H23N3O2S2. The highest BCUT2D eigenvalue weighted by atomic mass is 32.2. The van der Waals surface area contributed by atoms with Crippen LogP contribution >= 0.6 is 11.3 Å². The minimum atomic E-state index is -3.62. The molecule has 0 radical (unpaired) electrons. The standard InChI is InChI=1S/C13H23N3O2S2/c1-10(2)3-4-11-5-7-16(8-6-11)13-15-9-12(19-13)20(14,17)18/h9-11H,3-8H2,1-2H3,(H2,14,17,18). The summed E-state index contributed by atoms with van der Waals surface area (Å²) < 4.78 is 22.7. The van der Waals surface area contributed by atoms with Gasteiger partial charge in [-0.05, 0) is 24.7 Å². The predicted octanol–water partition coefficient (Wildman–Crippen LogP) is 2.44. The summed E-state index contributed by atoms with van der Waals surface area (Å²) in [6.45, 7) is 6.44. The quantitative estimate of drug-likeness (QED) is 0.905. The van der Waals surface area contributed by atoms with Gasteiger partial charge >= 0.3 is 0 Å². The Balaban J connectivity index is 1.89. The lowest BCUT2D eigenvalue weighted by Gasteiger charge is -2.32. The minimum absolute atomic E-state index is 0.148. The van der Waals surface area contributed by atoms with E-state index in [1.165, 1.54) is 30.4 Å². The fraction of sp³-hybridized carbons (Fsp3) is 0.769. The molecule has 1 saturated heterocycles. The second-order valence-electron chi connectivity index (χ2n) is 5.91. The van der Waals surface area contributed by atoms with Crippen LogP contribution in [0, 0.1) is 11.8 Å². The Kier molecular flexibility index (Phi) is 5.04. The highest BCUT2D eigenvalue weighted by molar-refractivity contribution is 7.91. The number of hydrogen-bond donors (Lipinski definition) is 1. The van der Waals surface area contributed by atoms with Crippen molar-refractivity contribution in [2.45, 2.75) is 43.7 Å². The molecular weight excluding hydrogens is 294 g/mol. The topological polar surface area (TPSA) is 76.3 Å². The molecule has 0 spiro atoms. The highest BCUT2D eigenvalue weighted by Gasteiger charge is 2.22. The van der Waals surface area contributed by atoms with Gasteiger partial charge in [-0.1, -0.05) is 38.0 Å².